The number of anilines is 2. The molecule has 0 saturated carbocycles. The number of nitrogens with two attached hydrogens (primary N) is 1. The molecule has 0 unspecified atom stereocenters. The first-order chi connectivity index (χ1) is 12.4. The number of hydrogen-bond acceptors (Lipinski definition) is 6. The van der Waals surface area contributed by atoms with Crippen LogP contribution >= 0.6 is 0 Å². The van der Waals surface area contributed by atoms with Crippen molar-refractivity contribution in [2.45, 2.75) is 6.10 Å². The number of amides is 3. The fourth-order valence-corrected chi connectivity index (χ4v) is 3.04. The van der Waals surface area contributed by atoms with Crippen LogP contribution in [0, 0.1) is 5.82 Å². The summed E-state index contributed by atoms with van der Waals surface area (Å²) < 4.78 is 19.4. The van der Waals surface area contributed by atoms with Crippen LogP contribution in [0.4, 0.5) is 20.6 Å². The zero-order valence-corrected chi connectivity index (χ0v) is 13.9. The molecule has 0 bridgehead atoms. The molecule has 2 saturated heterocycles. The van der Waals surface area contributed by atoms with Crippen molar-refractivity contribution in [2.24, 2.45) is 5.73 Å². The van der Waals surface area contributed by atoms with Crippen LogP contribution < -0.4 is 15.5 Å². The molecule has 140 valence electrons. The Bertz CT molecular complexity index is 735. The standard InChI is InChI=1S/C16H19FN4O5/c17-11-7-10(21-8-13(15(18)24)26-16(21)25)1-2-12(11)19-3-5-20(6-4-19)14(23)9-22/h1-2,7,13,22H,3-6,8-9H2,(H2,18,24)/t13-/m1/s1. The van der Waals surface area contributed by atoms with E-state index in [1.165, 1.54) is 11.0 Å². The van der Waals surface area contributed by atoms with Crippen LogP contribution in [0.5, 0.6) is 0 Å². The molecule has 0 spiro atoms. The SMILES string of the molecule is NC(=O)[C@H]1CN(c2ccc(N3CCN(C(=O)CO)CC3)c(F)c2)C(=O)O1. The van der Waals surface area contributed by atoms with Gasteiger partial charge in [0.25, 0.3) is 5.91 Å². The summed E-state index contributed by atoms with van der Waals surface area (Å²) in [6.07, 6.45) is -1.81. The first kappa shape index (κ1) is 17.9. The minimum absolute atomic E-state index is 0.0606. The maximum Gasteiger partial charge on any atom is 0.415 e. The predicted octanol–water partition coefficient (Wildman–Crippen LogP) is -0.723. The molecule has 3 N–H and O–H groups in total. The zero-order chi connectivity index (χ0) is 18.8. The summed E-state index contributed by atoms with van der Waals surface area (Å²) in [5, 5.41) is 8.89. The molecule has 9 nitrogen and oxygen atoms in total. The number of ether oxygens (including phenoxy) is 1. The highest BCUT2D eigenvalue weighted by Gasteiger charge is 2.36. The van der Waals surface area contributed by atoms with Gasteiger partial charge in [-0.25, -0.2) is 9.18 Å². The molecule has 2 aliphatic rings. The highest BCUT2D eigenvalue weighted by molar-refractivity contribution is 5.95. The van der Waals surface area contributed by atoms with Gasteiger partial charge in [-0.15, -0.1) is 0 Å². The molecule has 2 aliphatic heterocycles. The molecule has 10 heteroatoms. The summed E-state index contributed by atoms with van der Waals surface area (Å²) in [5.41, 5.74) is 5.75. The average Bonchev–Trinajstić information content (AvgIpc) is 3.03. The molecule has 3 amide bonds. The van der Waals surface area contributed by atoms with Crippen LogP contribution in [0.25, 0.3) is 0 Å². The largest absolute Gasteiger partial charge is 0.434 e. The first-order valence-corrected chi connectivity index (χ1v) is 8.11. The second kappa shape index (κ2) is 7.16. The van der Waals surface area contributed by atoms with Crippen LogP contribution in [-0.2, 0) is 14.3 Å². The van der Waals surface area contributed by atoms with Gasteiger partial charge in [0.1, 0.15) is 12.4 Å². The molecule has 0 radical (unpaired) electrons. The number of carbonyl (C=O) groups is 3. The number of halogens is 1. The van der Waals surface area contributed by atoms with E-state index in [-0.39, 0.29) is 18.1 Å². The Hall–Kier alpha value is -2.88. The van der Waals surface area contributed by atoms with Crippen molar-refractivity contribution in [1.82, 2.24) is 4.90 Å². The fraction of sp³-hybridized carbons (Fsp3) is 0.438. The molecule has 1 aromatic carbocycles. The van der Waals surface area contributed by atoms with E-state index < -0.39 is 30.5 Å². The number of piperazine rings is 1. The number of primary amides is 1. The Morgan fingerprint density at radius 1 is 1.27 bits per heavy atom. The van der Waals surface area contributed by atoms with Crippen LogP contribution in [0.3, 0.4) is 0 Å². The lowest BCUT2D eigenvalue weighted by molar-refractivity contribution is -0.134. The number of hydrogen-bond donors (Lipinski definition) is 2. The number of rotatable bonds is 4. The summed E-state index contributed by atoms with van der Waals surface area (Å²) in [4.78, 5) is 38.9. The van der Waals surface area contributed by atoms with Crippen LogP contribution in [0.15, 0.2) is 18.2 Å². The number of cyclic esters (lactones) is 1. The predicted molar refractivity (Wildman–Crippen MR) is 89.1 cm³/mol. The normalized spacial score (nSPS) is 20.3. The Morgan fingerprint density at radius 3 is 2.50 bits per heavy atom. The number of nitrogens with zero attached hydrogens (tertiary/aromatic N) is 3. The molecule has 1 atom stereocenters. The third kappa shape index (κ3) is 3.40. The van der Waals surface area contributed by atoms with E-state index in [2.05, 4.69) is 0 Å². The lowest BCUT2D eigenvalue weighted by Crippen LogP contribution is -2.49. The monoisotopic (exact) mass is 366 g/mol. The van der Waals surface area contributed by atoms with Gasteiger partial charge in [0.05, 0.1) is 17.9 Å². The minimum Gasteiger partial charge on any atom is -0.434 e. The highest BCUT2D eigenvalue weighted by atomic mass is 19.1. The van der Waals surface area contributed by atoms with Crippen LogP contribution in [-0.4, -0.2) is 73.3 Å². The summed E-state index contributed by atoms with van der Waals surface area (Å²) in [5.74, 6) is -1.63. The van der Waals surface area contributed by atoms with E-state index in [0.717, 1.165) is 4.90 Å². The van der Waals surface area contributed by atoms with Gasteiger partial charge < -0.3 is 25.4 Å². The van der Waals surface area contributed by atoms with E-state index >= 15 is 0 Å². The van der Waals surface area contributed by atoms with Crippen molar-refractivity contribution >= 4 is 29.3 Å². The van der Waals surface area contributed by atoms with Crippen LogP contribution in [0.2, 0.25) is 0 Å². The Labute approximate surface area is 148 Å². The van der Waals surface area contributed by atoms with Gasteiger partial charge >= 0.3 is 6.09 Å². The summed E-state index contributed by atoms with van der Waals surface area (Å²) >= 11 is 0. The van der Waals surface area contributed by atoms with Gasteiger partial charge in [0.2, 0.25) is 5.91 Å². The van der Waals surface area contributed by atoms with Crippen LogP contribution in [0.1, 0.15) is 0 Å². The van der Waals surface area contributed by atoms with Crippen molar-refractivity contribution in [3.05, 3.63) is 24.0 Å². The van der Waals surface area contributed by atoms with E-state index in [4.69, 9.17) is 15.6 Å². The second-order valence-corrected chi connectivity index (χ2v) is 6.05. The molecule has 0 aromatic heterocycles. The Balaban J connectivity index is 1.70. The molecular formula is C16H19FN4O5. The number of carbonyl (C=O) groups excluding carboxylic acids is 3. The quantitative estimate of drug-likeness (QED) is 0.726. The Kier molecular flexibility index (Phi) is 4.94. The molecule has 26 heavy (non-hydrogen) atoms. The first-order valence-electron chi connectivity index (χ1n) is 8.11. The lowest BCUT2D eigenvalue weighted by atomic mass is 10.2. The second-order valence-electron chi connectivity index (χ2n) is 6.05. The van der Waals surface area contributed by atoms with Gasteiger partial charge in [0.15, 0.2) is 6.10 Å². The average molecular weight is 366 g/mol. The summed E-state index contributed by atoms with van der Waals surface area (Å²) in [7, 11) is 0. The molecule has 2 heterocycles. The summed E-state index contributed by atoms with van der Waals surface area (Å²) in [6, 6.07) is 4.30. The zero-order valence-electron chi connectivity index (χ0n) is 13.9. The smallest absolute Gasteiger partial charge is 0.415 e. The molecular weight excluding hydrogens is 347 g/mol. The minimum atomic E-state index is -1.05. The maximum atomic E-state index is 14.6. The highest BCUT2D eigenvalue weighted by Crippen LogP contribution is 2.28. The van der Waals surface area contributed by atoms with E-state index in [1.54, 1.807) is 17.0 Å². The van der Waals surface area contributed by atoms with Gasteiger partial charge in [0, 0.05) is 26.2 Å². The van der Waals surface area contributed by atoms with E-state index in [1.807, 2.05) is 0 Å². The topological polar surface area (TPSA) is 116 Å². The van der Waals surface area contributed by atoms with Crippen molar-refractivity contribution in [3.8, 4) is 0 Å². The van der Waals surface area contributed by atoms with Gasteiger partial charge in [-0.3, -0.25) is 14.5 Å². The fourth-order valence-electron chi connectivity index (χ4n) is 3.04. The molecule has 2 fully saturated rings. The molecule has 1 aromatic rings. The lowest BCUT2D eigenvalue weighted by Gasteiger charge is -2.36. The van der Waals surface area contributed by atoms with Crippen molar-refractivity contribution in [3.63, 3.8) is 0 Å². The van der Waals surface area contributed by atoms with E-state index in [0.29, 0.717) is 31.9 Å². The third-order valence-electron chi connectivity index (χ3n) is 4.48. The van der Waals surface area contributed by atoms with Crippen molar-refractivity contribution in [1.29, 1.82) is 0 Å². The number of benzene rings is 1. The van der Waals surface area contributed by atoms with Crippen molar-refractivity contribution < 1.29 is 28.6 Å². The molecule has 3 rings (SSSR count). The van der Waals surface area contributed by atoms with Gasteiger partial charge in [-0.1, -0.05) is 0 Å². The summed E-state index contributed by atoms with van der Waals surface area (Å²) in [6.45, 7) is 1.03. The third-order valence-corrected chi connectivity index (χ3v) is 4.48. The van der Waals surface area contributed by atoms with Crippen molar-refractivity contribution in [2.75, 3.05) is 49.1 Å². The number of aliphatic hydroxyl groups excluding tert-OH is 1. The molecule has 0 aliphatic carbocycles. The van der Waals surface area contributed by atoms with Gasteiger partial charge in [-0.05, 0) is 18.2 Å². The van der Waals surface area contributed by atoms with Gasteiger partial charge in [-0.2, -0.15) is 0 Å². The Morgan fingerprint density at radius 2 is 1.96 bits per heavy atom. The van der Waals surface area contributed by atoms with E-state index in [9.17, 15) is 18.8 Å². The maximum absolute atomic E-state index is 14.6. The number of aliphatic hydroxyl groups is 1.